The highest BCUT2D eigenvalue weighted by Crippen LogP contribution is 2.17. The molecule has 0 fully saturated rings. The number of rotatable bonds is 5. The number of hydrogen-bond acceptors (Lipinski definition) is 3. The van der Waals surface area contributed by atoms with Crippen molar-refractivity contribution in [1.29, 1.82) is 0 Å². The van der Waals surface area contributed by atoms with Gasteiger partial charge in [-0.3, -0.25) is 4.79 Å². The van der Waals surface area contributed by atoms with Gasteiger partial charge in [0.2, 0.25) is 5.91 Å². The van der Waals surface area contributed by atoms with Gasteiger partial charge in [-0.25, -0.2) is 4.39 Å². The van der Waals surface area contributed by atoms with Crippen molar-refractivity contribution < 1.29 is 9.18 Å². The molecule has 0 saturated carbocycles. The predicted molar refractivity (Wildman–Crippen MR) is 83.8 cm³/mol. The van der Waals surface area contributed by atoms with E-state index in [-0.39, 0.29) is 18.3 Å². The van der Waals surface area contributed by atoms with Gasteiger partial charge in [0, 0.05) is 23.6 Å². The lowest BCUT2D eigenvalue weighted by atomic mass is 10.2. The van der Waals surface area contributed by atoms with Crippen LogP contribution in [0.25, 0.3) is 0 Å². The first-order valence-electron chi connectivity index (χ1n) is 6.74. The molecule has 3 N–H and O–H groups in total. The smallest absolute Gasteiger partial charge is 0.243 e. The number of likely N-dealkylation sites (N-methyl/N-ethyl adjacent to an activating group) is 1. The number of carbonyl (C=O) groups is 1. The van der Waals surface area contributed by atoms with Crippen LogP contribution >= 0.6 is 0 Å². The number of benzene rings is 2. The fourth-order valence-corrected chi connectivity index (χ4v) is 2.01. The quantitative estimate of drug-likeness (QED) is 0.831. The third-order valence-corrected chi connectivity index (χ3v) is 3.08. The first kappa shape index (κ1) is 14.8. The summed E-state index contributed by atoms with van der Waals surface area (Å²) in [5.74, 6) is -0.492. The van der Waals surface area contributed by atoms with Crippen LogP contribution in [0.5, 0.6) is 0 Å². The molecule has 0 bridgehead atoms. The van der Waals surface area contributed by atoms with E-state index >= 15 is 0 Å². The summed E-state index contributed by atoms with van der Waals surface area (Å²) in [4.78, 5) is 14.0. The Labute approximate surface area is 123 Å². The van der Waals surface area contributed by atoms with Crippen molar-refractivity contribution in [2.75, 3.05) is 29.0 Å². The van der Waals surface area contributed by atoms with E-state index in [9.17, 15) is 9.18 Å². The molecule has 2 rings (SSSR count). The van der Waals surface area contributed by atoms with Crippen molar-refractivity contribution in [3.8, 4) is 0 Å². The van der Waals surface area contributed by atoms with Crippen molar-refractivity contribution in [3.63, 3.8) is 0 Å². The van der Waals surface area contributed by atoms with Crippen molar-refractivity contribution in [2.24, 2.45) is 0 Å². The summed E-state index contributed by atoms with van der Waals surface area (Å²) in [5, 5.41) is 2.74. The molecular formula is C16H18FN3O. The standard InChI is InChI=1S/C16H18FN3O/c1-2-20(15-5-3-4-13(18)10-15)11-16(21)19-14-8-6-12(17)7-9-14/h3-10H,2,11,18H2,1H3,(H,19,21). The summed E-state index contributed by atoms with van der Waals surface area (Å²) < 4.78 is 12.8. The fourth-order valence-electron chi connectivity index (χ4n) is 2.01. The Balaban J connectivity index is 2.01. The van der Waals surface area contributed by atoms with Gasteiger partial charge in [0.15, 0.2) is 0 Å². The van der Waals surface area contributed by atoms with Gasteiger partial charge in [0.1, 0.15) is 5.82 Å². The molecule has 0 radical (unpaired) electrons. The maximum atomic E-state index is 12.8. The normalized spacial score (nSPS) is 10.2. The third-order valence-electron chi connectivity index (χ3n) is 3.08. The second-order valence-electron chi connectivity index (χ2n) is 4.66. The summed E-state index contributed by atoms with van der Waals surface area (Å²) in [6.45, 7) is 2.85. The highest BCUT2D eigenvalue weighted by atomic mass is 19.1. The molecule has 0 aliphatic heterocycles. The first-order chi connectivity index (χ1) is 10.1. The molecule has 5 heteroatoms. The van der Waals surface area contributed by atoms with Crippen LogP contribution in [0, 0.1) is 5.82 Å². The van der Waals surface area contributed by atoms with Gasteiger partial charge < -0.3 is 16.0 Å². The fraction of sp³-hybridized carbons (Fsp3) is 0.188. The van der Waals surface area contributed by atoms with Crippen molar-refractivity contribution in [1.82, 2.24) is 0 Å². The van der Waals surface area contributed by atoms with E-state index in [1.165, 1.54) is 24.3 Å². The Morgan fingerprint density at radius 3 is 2.57 bits per heavy atom. The Morgan fingerprint density at radius 2 is 1.95 bits per heavy atom. The highest BCUT2D eigenvalue weighted by Gasteiger charge is 2.10. The average Bonchev–Trinajstić information content (AvgIpc) is 2.47. The summed E-state index contributed by atoms with van der Waals surface area (Å²) in [7, 11) is 0. The van der Waals surface area contributed by atoms with Gasteiger partial charge in [0.05, 0.1) is 6.54 Å². The number of nitrogen functional groups attached to an aromatic ring is 1. The molecule has 0 heterocycles. The maximum Gasteiger partial charge on any atom is 0.243 e. The lowest BCUT2D eigenvalue weighted by Gasteiger charge is -2.22. The van der Waals surface area contributed by atoms with Crippen molar-refractivity contribution in [2.45, 2.75) is 6.92 Å². The lowest BCUT2D eigenvalue weighted by molar-refractivity contribution is -0.115. The van der Waals surface area contributed by atoms with Gasteiger partial charge in [-0.05, 0) is 49.4 Å². The summed E-state index contributed by atoms with van der Waals surface area (Å²) in [6.07, 6.45) is 0. The monoisotopic (exact) mass is 287 g/mol. The van der Waals surface area contributed by atoms with Crippen LogP contribution in [-0.2, 0) is 4.79 Å². The number of nitrogens with one attached hydrogen (secondary N) is 1. The molecule has 0 atom stereocenters. The van der Waals surface area contributed by atoms with Gasteiger partial charge in [-0.1, -0.05) is 6.07 Å². The molecule has 4 nitrogen and oxygen atoms in total. The third kappa shape index (κ3) is 4.21. The molecule has 0 unspecified atom stereocenters. The van der Waals surface area contributed by atoms with Gasteiger partial charge in [-0.15, -0.1) is 0 Å². The van der Waals surface area contributed by atoms with E-state index in [4.69, 9.17) is 5.73 Å². The molecule has 0 aliphatic carbocycles. The van der Waals surface area contributed by atoms with Crippen molar-refractivity contribution >= 4 is 23.0 Å². The number of anilines is 3. The molecule has 2 aromatic rings. The van der Waals surface area contributed by atoms with Crippen LogP contribution in [0.15, 0.2) is 48.5 Å². The van der Waals surface area contributed by atoms with E-state index < -0.39 is 0 Å². The van der Waals surface area contributed by atoms with E-state index in [1.54, 1.807) is 6.07 Å². The van der Waals surface area contributed by atoms with Crippen LogP contribution in [0.1, 0.15) is 6.92 Å². The highest BCUT2D eigenvalue weighted by molar-refractivity contribution is 5.94. The Morgan fingerprint density at radius 1 is 1.24 bits per heavy atom. The number of nitrogens with two attached hydrogens (primary N) is 1. The molecule has 0 spiro atoms. The molecule has 1 amide bonds. The first-order valence-corrected chi connectivity index (χ1v) is 6.74. The van der Waals surface area contributed by atoms with Crippen molar-refractivity contribution in [3.05, 3.63) is 54.3 Å². The van der Waals surface area contributed by atoms with E-state index in [2.05, 4.69) is 5.32 Å². The largest absolute Gasteiger partial charge is 0.399 e. The summed E-state index contributed by atoms with van der Waals surface area (Å²) in [6, 6.07) is 13.1. The van der Waals surface area contributed by atoms with Crippen LogP contribution < -0.4 is 16.0 Å². The SMILES string of the molecule is CCN(CC(=O)Nc1ccc(F)cc1)c1cccc(N)c1. The molecule has 21 heavy (non-hydrogen) atoms. The van der Waals surface area contributed by atoms with E-state index in [1.807, 2.05) is 30.0 Å². The van der Waals surface area contributed by atoms with Gasteiger partial charge >= 0.3 is 0 Å². The molecule has 110 valence electrons. The Hall–Kier alpha value is -2.56. The lowest BCUT2D eigenvalue weighted by Crippen LogP contribution is -2.33. The second kappa shape index (κ2) is 6.74. The summed E-state index contributed by atoms with van der Waals surface area (Å²) >= 11 is 0. The molecule has 0 aliphatic rings. The predicted octanol–water partition coefficient (Wildman–Crippen LogP) is 2.87. The van der Waals surface area contributed by atoms with Crippen LogP contribution in [-0.4, -0.2) is 19.0 Å². The molecule has 0 saturated heterocycles. The van der Waals surface area contributed by atoms with Gasteiger partial charge in [0.25, 0.3) is 0 Å². The van der Waals surface area contributed by atoms with Crippen LogP contribution in [0.3, 0.4) is 0 Å². The Bertz CT molecular complexity index is 613. The molecule has 0 aromatic heterocycles. The van der Waals surface area contributed by atoms with Crippen LogP contribution in [0.2, 0.25) is 0 Å². The topological polar surface area (TPSA) is 58.4 Å². The minimum absolute atomic E-state index is 0.161. The minimum atomic E-state index is -0.331. The molecule has 2 aromatic carbocycles. The molecular weight excluding hydrogens is 269 g/mol. The van der Waals surface area contributed by atoms with Gasteiger partial charge in [-0.2, -0.15) is 0 Å². The number of carbonyl (C=O) groups excluding carboxylic acids is 1. The number of nitrogens with zero attached hydrogens (tertiary/aromatic N) is 1. The number of halogens is 1. The minimum Gasteiger partial charge on any atom is -0.399 e. The second-order valence-corrected chi connectivity index (χ2v) is 4.66. The summed E-state index contributed by atoms with van der Waals surface area (Å²) in [5.41, 5.74) is 7.88. The van der Waals surface area contributed by atoms with E-state index in [0.717, 1.165) is 5.69 Å². The van der Waals surface area contributed by atoms with E-state index in [0.29, 0.717) is 17.9 Å². The number of hydrogen-bond donors (Lipinski definition) is 2. The zero-order valence-corrected chi connectivity index (χ0v) is 11.8. The van der Waals surface area contributed by atoms with Crippen LogP contribution in [0.4, 0.5) is 21.5 Å². The number of amides is 1. The zero-order chi connectivity index (χ0) is 15.2. The maximum absolute atomic E-state index is 12.8. The average molecular weight is 287 g/mol. The zero-order valence-electron chi connectivity index (χ0n) is 11.8. The Kier molecular flexibility index (Phi) is 4.77.